The highest BCUT2D eigenvalue weighted by Crippen LogP contribution is 2.35. The number of fused-ring (bicyclic) bond motifs is 1. The Morgan fingerprint density at radius 1 is 1.13 bits per heavy atom. The van der Waals surface area contributed by atoms with Crippen molar-refractivity contribution in [1.29, 1.82) is 0 Å². The van der Waals surface area contributed by atoms with Crippen molar-refractivity contribution < 1.29 is 0 Å². The fourth-order valence-corrected chi connectivity index (χ4v) is 4.15. The molecule has 0 fully saturated rings. The van der Waals surface area contributed by atoms with Crippen molar-refractivity contribution in [3.8, 4) is 0 Å². The molecule has 23 heavy (non-hydrogen) atoms. The van der Waals surface area contributed by atoms with Crippen LogP contribution in [0.25, 0.3) is 0 Å². The van der Waals surface area contributed by atoms with Crippen molar-refractivity contribution in [2.75, 3.05) is 11.1 Å². The number of thiocarbonyl (C=S) groups is 1. The van der Waals surface area contributed by atoms with E-state index in [1.54, 1.807) is 0 Å². The van der Waals surface area contributed by atoms with E-state index in [1.165, 1.54) is 16.0 Å². The van der Waals surface area contributed by atoms with Gasteiger partial charge >= 0.3 is 0 Å². The van der Waals surface area contributed by atoms with Crippen molar-refractivity contribution in [3.63, 3.8) is 0 Å². The minimum absolute atomic E-state index is 0.294. The molecule has 0 amide bonds. The summed E-state index contributed by atoms with van der Waals surface area (Å²) in [6.45, 7) is 4.40. The maximum atomic E-state index is 5.50. The first-order valence-corrected chi connectivity index (χ1v) is 9.42. The van der Waals surface area contributed by atoms with Crippen molar-refractivity contribution in [2.24, 2.45) is 0 Å². The van der Waals surface area contributed by atoms with E-state index >= 15 is 0 Å². The van der Waals surface area contributed by atoms with Crippen molar-refractivity contribution >= 4 is 34.8 Å². The monoisotopic (exact) mass is 342 g/mol. The van der Waals surface area contributed by atoms with Gasteiger partial charge in [0.2, 0.25) is 0 Å². The lowest BCUT2D eigenvalue weighted by Crippen LogP contribution is -2.33. The number of nitrogens with one attached hydrogen (secondary N) is 2. The summed E-state index contributed by atoms with van der Waals surface area (Å²) >= 11 is 7.43. The van der Waals surface area contributed by atoms with Crippen LogP contribution in [0.1, 0.15) is 43.4 Å². The molecule has 0 spiro atoms. The van der Waals surface area contributed by atoms with E-state index in [1.807, 2.05) is 11.8 Å². The van der Waals surface area contributed by atoms with Crippen LogP contribution in [-0.4, -0.2) is 10.9 Å². The molecule has 4 heteroatoms. The predicted molar refractivity (Wildman–Crippen MR) is 104 cm³/mol. The Hall–Kier alpha value is -1.52. The van der Waals surface area contributed by atoms with Crippen LogP contribution in [0, 0.1) is 0 Å². The molecule has 1 heterocycles. The van der Waals surface area contributed by atoms with Gasteiger partial charge in [0.25, 0.3) is 0 Å². The molecular formula is C19H22N2S2. The number of hydrogen-bond donors (Lipinski definition) is 2. The zero-order valence-electron chi connectivity index (χ0n) is 13.5. The molecular weight excluding hydrogens is 320 g/mol. The van der Waals surface area contributed by atoms with Gasteiger partial charge < -0.3 is 10.6 Å². The maximum Gasteiger partial charge on any atom is 0.171 e. The summed E-state index contributed by atoms with van der Waals surface area (Å²) in [5.41, 5.74) is 3.72. The second-order valence-corrected chi connectivity index (χ2v) is 7.65. The molecule has 2 nitrogen and oxygen atoms in total. The van der Waals surface area contributed by atoms with Crippen LogP contribution in [0.15, 0.2) is 53.4 Å². The summed E-state index contributed by atoms with van der Waals surface area (Å²) in [6.07, 6.45) is 1.09. The van der Waals surface area contributed by atoms with Gasteiger partial charge in [-0.2, -0.15) is 0 Å². The summed E-state index contributed by atoms with van der Waals surface area (Å²) in [5.74, 6) is 1.67. The normalized spacial score (nSPS) is 16.7. The first kappa shape index (κ1) is 16.3. The molecule has 1 aliphatic rings. The van der Waals surface area contributed by atoms with Gasteiger partial charge in [-0.3, -0.25) is 0 Å². The van der Waals surface area contributed by atoms with Gasteiger partial charge in [-0.25, -0.2) is 0 Å². The topological polar surface area (TPSA) is 24.1 Å². The highest BCUT2D eigenvalue weighted by molar-refractivity contribution is 7.99. The highest BCUT2D eigenvalue weighted by Gasteiger charge is 2.20. The Bertz CT molecular complexity index is 680. The molecule has 120 valence electrons. The predicted octanol–water partition coefficient (Wildman–Crippen LogP) is 5.33. The second-order valence-electron chi connectivity index (χ2n) is 6.10. The van der Waals surface area contributed by atoms with Crippen LogP contribution in [0.5, 0.6) is 0 Å². The zero-order valence-corrected chi connectivity index (χ0v) is 15.1. The van der Waals surface area contributed by atoms with E-state index in [0.29, 0.717) is 17.1 Å². The van der Waals surface area contributed by atoms with Gasteiger partial charge in [0.15, 0.2) is 5.11 Å². The van der Waals surface area contributed by atoms with Crippen molar-refractivity contribution in [2.45, 2.75) is 37.1 Å². The molecule has 1 atom stereocenters. The molecule has 0 aliphatic carbocycles. The fraction of sp³-hybridized carbons (Fsp3) is 0.316. The van der Waals surface area contributed by atoms with Gasteiger partial charge in [-0.05, 0) is 53.9 Å². The van der Waals surface area contributed by atoms with Crippen LogP contribution in [0.4, 0.5) is 5.69 Å². The lowest BCUT2D eigenvalue weighted by Gasteiger charge is -2.27. The lowest BCUT2D eigenvalue weighted by molar-refractivity contribution is 0.614. The van der Waals surface area contributed by atoms with Crippen LogP contribution < -0.4 is 10.6 Å². The van der Waals surface area contributed by atoms with Gasteiger partial charge in [-0.1, -0.05) is 44.2 Å². The zero-order chi connectivity index (χ0) is 16.2. The quantitative estimate of drug-likeness (QED) is 0.736. The molecule has 0 saturated carbocycles. The van der Waals surface area contributed by atoms with Gasteiger partial charge in [0.1, 0.15) is 0 Å². The molecule has 0 bridgehead atoms. The number of anilines is 1. The van der Waals surface area contributed by atoms with Gasteiger partial charge in [0.05, 0.1) is 6.04 Å². The van der Waals surface area contributed by atoms with Crippen LogP contribution in [0.2, 0.25) is 0 Å². The van der Waals surface area contributed by atoms with Crippen LogP contribution in [-0.2, 0) is 0 Å². The number of hydrogen-bond acceptors (Lipinski definition) is 2. The molecule has 1 unspecified atom stereocenters. The fourth-order valence-electron chi connectivity index (χ4n) is 2.77. The Morgan fingerprint density at radius 3 is 2.61 bits per heavy atom. The maximum absolute atomic E-state index is 5.50. The van der Waals surface area contributed by atoms with Gasteiger partial charge in [-0.15, -0.1) is 11.8 Å². The Labute approximate surface area is 148 Å². The summed E-state index contributed by atoms with van der Waals surface area (Å²) in [7, 11) is 0. The van der Waals surface area contributed by atoms with E-state index in [-0.39, 0.29) is 0 Å². The third kappa shape index (κ3) is 4.06. The summed E-state index contributed by atoms with van der Waals surface area (Å²) in [6, 6.07) is 17.4. The standard InChI is InChI=1S/C19H22N2S2/c1-13(2)14-7-9-15(10-8-14)20-19(22)21-17-11-12-23-18-6-4-3-5-16(17)18/h3-10,13,17H,11-12H2,1-2H3,(H2,20,21,22). The molecule has 2 N–H and O–H groups in total. The molecule has 0 radical (unpaired) electrons. The summed E-state index contributed by atoms with van der Waals surface area (Å²) < 4.78 is 0. The Kier molecular flexibility index (Phi) is 5.23. The molecule has 1 aliphatic heterocycles. The first-order chi connectivity index (χ1) is 11.1. The highest BCUT2D eigenvalue weighted by atomic mass is 32.2. The molecule has 2 aromatic carbocycles. The van der Waals surface area contributed by atoms with E-state index in [0.717, 1.165) is 17.9 Å². The number of thioether (sulfide) groups is 1. The average molecular weight is 343 g/mol. The molecule has 0 saturated heterocycles. The molecule has 2 aromatic rings. The van der Waals surface area contributed by atoms with E-state index in [4.69, 9.17) is 12.2 Å². The van der Waals surface area contributed by atoms with E-state index < -0.39 is 0 Å². The summed E-state index contributed by atoms with van der Waals surface area (Å²) in [5, 5.41) is 7.46. The van der Waals surface area contributed by atoms with E-state index in [9.17, 15) is 0 Å². The number of benzene rings is 2. The average Bonchev–Trinajstić information content (AvgIpc) is 2.55. The van der Waals surface area contributed by atoms with Gasteiger partial charge in [0, 0.05) is 16.3 Å². The Morgan fingerprint density at radius 2 is 1.87 bits per heavy atom. The summed E-state index contributed by atoms with van der Waals surface area (Å²) in [4.78, 5) is 1.36. The minimum atomic E-state index is 0.294. The SMILES string of the molecule is CC(C)c1ccc(NC(=S)NC2CCSc3ccccc32)cc1. The number of rotatable bonds is 3. The third-order valence-electron chi connectivity index (χ3n) is 4.10. The molecule has 3 rings (SSSR count). The minimum Gasteiger partial charge on any atom is -0.356 e. The first-order valence-electron chi connectivity index (χ1n) is 8.02. The molecule has 0 aromatic heterocycles. The van der Waals surface area contributed by atoms with E-state index in [2.05, 4.69) is 73.0 Å². The smallest absolute Gasteiger partial charge is 0.171 e. The van der Waals surface area contributed by atoms with Crippen LogP contribution >= 0.6 is 24.0 Å². The largest absolute Gasteiger partial charge is 0.356 e. The second kappa shape index (κ2) is 7.37. The lowest BCUT2D eigenvalue weighted by atomic mass is 10.0. The third-order valence-corrected chi connectivity index (χ3v) is 5.44. The van der Waals surface area contributed by atoms with Crippen molar-refractivity contribution in [3.05, 3.63) is 59.7 Å². The Balaban J connectivity index is 1.64. The van der Waals surface area contributed by atoms with Crippen molar-refractivity contribution in [1.82, 2.24) is 5.32 Å². The van der Waals surface area contributed by atoms with Crippen LogP contribution in [0.3, 0.4) is 0 Å².